The molecule has 2 nitrogen and oxygen atoms in total. The first kappa shape index (κ1) is 29.5. The fourth-order valence-corrected chi connectivity index (χ4v) is 3.33. The fourth-order valence-electron chi connectivity index (χ4n) is 3.33. The van der Waals surface area contributed by atoms with E-state index in [4.69, 9.17) is 9.78 Å². The molecule has 0 saturated carbocycles. The average Bonchev–Trinajstić information content (AvgIpc) is 2.71. The lowest BCUT2D eigenvalue weighted by Gasteiger charge is -2.26. The summed E-state index contributed by atoms with van der Waals surface area (Å²) in [6.45, 7) is 12.4. The van der Waals surface area contributed by atoms with Crippen LogP contribution >= 0.6 is 0 Å². The summed E-state index contributed by atoms with van der Waals surface area (Å²) in [6, 6.07) is 0. The van der Waals surface area contributed by atoms with Crippen LogP contribution in [0.2, 0.25) is 0 Å². The van der Waals surface area contributed by atoms with Crippen molar-refractivity contribution in [2.75, 3.05) is 0 Å². The predicted octanol–water partition coefficient (Wildman–Crippen LogP) is 9.56. The van der Waals surface area contributed by atoms with Crippen molar-refractivity contribution in [2.45, 2.75) is 168 Å². The van der Waals surface area contributed by atoms with Crippen LogP contribution < -0.4 is 0 Å². The van der Waals surface area contributed by atoms with Crippen LogP contribution in [0.1, 0.15) is 157 Å². The predicted molar refractivity (Wildman–Crippen MR) is 133 cm³/mol. The Bertz CT molecular complexity index is 428. The number of unbranched alkanes of at least 4 members (excludes halogenated alkanes) is 16. The van der Waals surface area contributed by atoms with E-state index in [0.717, 1.165) is 12.8 Å². The molecule has 2 heteroatoms. The Morgan fingerprint density at radius 3 is 1.33 bits per heavy atom. The molecule has 0 rings (SSSR count). The zero-order chi connectivity index (χ0) is 22.6. The van der Waals surface area contributed by atoms with E-state index in [9.17, 15) is 0 Å². The maximum absolute atomic E-state index is 5.54. The molecule has 0 spiro atoms. The highest BCUT2D eigenvalue weighted by molar-refractivity contribution is 5.10. The summed E-state index contributed by atoms with van der Waals surface area (Å²) in [5, 5.41) is 0. The highest BCUT2D eigenvalue weighted by Gasteiger charge is 2.23. The molecule has 0 aromatic heterocycles. The van der Waals surface area contributed by atoms with E-state index in [2.05, 4.69) is 25.7 Å². The normalized spacial score (nSPS) is 12.1. The smallest absolute Gasteiger partial charge is 0.158 e. The molecule has 0 aromatic rings. The van der Waals surface area contributed by atoms with Crippen LogP contribution in [0, 0.1) is 11.8 Å². The lowest BCUT2D eigenvalue weighted by atomic mass is 10.0. The van der Waals surface area contributed by atoms with Gasteiger partial charge in [0.2, 0.25) is 0 Å². The van der Waals surface area contributed by atoms with Gasteiger partial charge in [0.05, 0.1) is 5.60 Å². The van der Waals surface area contributed by atoms with Gasteiger partial charge in [-0.3, -0.25) is 0 Å². The molecular formula is C28H54O2. The van der Waals surface area contributed by atoms with Gasteiger partial charge in [-0.25, -0.2) is 9.78 Å². The Labute approximate surface area is 190 Å². The van der Waals surface area contributed by atoms with Crippen LogP contribution in [-0.2, 0) is 9.78 Å². The van der Waals surface area contributed by atoms with Gasteiger partial charge in [0, 0.05) is 6.42 Å². The van der Waals surface area contributed by atoms with Crippen molar-refractivity contribution in [2.24, 2.45) is 0 Å². The topological polar surface area (TPSA) is 18.5 Å². The van der Waals surface area contributed by atoms with Gasteiger partial charge in [0.25, 0.3) is 0 Å². The van der Waals surface area contributed by atoms with Gasteiger partial charge in [0.15, 0.2) is 5.60 Å². The lowest BCUT2D eigenvalue weighted by molar-refractivity contribution is -0.388. The Kier molecular flexibility index (Phi) is 18.9. The van der Waals surface area contributed by atoms with E-state index < -0.39 is 5.60 Å². The molecule has 0 atom stereocenters. The van der Waals surface area contributed by atoms with Gasteiger partial charge >= 0.3 is 0 Å². The summed E-state index contributed by atoms with van der Waals surface area (Å²) in [7, 11) is 0. The Morgan fingerprint density at radius 1 is 0.533 bits per heavy atom. The molecule has 0 aromatic carbocycles. The third-order valence-corrected chi connectivity index (χ3v) is 5.87. The van der Waals surface area contributed by atoms with Gasteiger partial charge < -0.3 is 0 Å². The van der Waals surface area contributed by atoms with Gasteiger partial charge in [-0.1, -0.05) is 116 Å². The Balaban J connectivity index is 3.42. The summed E-state index contributed by atoms with van der Waals surface area (Å²) < 4.78 is 0. The van der Waals surface area contributed by atoms with Crippen LogP contribution in [0.4, 0.5) is 0 Å². The van der Waals surface area contributed by atoms with Crippen LogP contribution in [-0.4, -0.2) is 11.2 Å². The molecule has 0 aliphatic carbocycles. The van der Waals surface area contributed by atoms with Crippen LogP contribution in [0.25, 0.3) is 0 Å². The third kappa shape index (κ3) is 20.7. The standard InChI is InChI=1S/C28H54O2/c1-7-9-10-11-12-13-14-15-16-17-18-19-20-21-22-23-24-25-26-28(5,6)30-29-27(3,4)8-2/h7-24H2,1-6H3. The first-order valence-corrected chi connectivity index (χ1v) is 13.2. The largest absolute Gasteiger partial charge is 0.229 e. The minimum atomic E-state index is -0.540. The van der Waals surface area contributed by atoms with Crippen LogP contribution in [0.5, 0.6) is 0 Å². The van der Waals surface area contributed by atoms with E-state index in [-0.39, 0.29) is 5.60 Å². The van der Waals surface area contributed by atoms with E-state index >= 15 is 0 Å². The number of rotatable bonds is 20. The Hall–Kier alpha value is -0.520. The summed E-state index contributed by atoms with van der Waals surface area (Å²) in [4.78, 5) is 11.1. The monoisotopic (exact) mass is 422 g/mol. The first-order chi connectivity index (χ1) is 14.3. The quantitative estimate of drug-likeness (QED) is 0.0841. The minimum Gasteiger partial charge on any atom is -0.229 e. The van der Waals surface area contributed by atoms with Gasteiger partial charge in [-0.2, -0.15) is 0 Å². The zero-order valence-corrected chi connectivity index (χ0v) is 21.5. The molecule has 0 N–H and O–H groups in total. The second kappa shape index (κ2) is 19.2. The average molecular weight is 423 g/mol. The van der Waals surface area contributed by atoms with Crippen molar-refractivity contribution in [3.63, 3.8) is 0 Å². The summed E-state index contributed by atoms with van der Waals surface area (Å²) >= 11 is 0. The van der Waals surface area contributed by atoms with E-state index in [1.165, 1.54) is 103 Å². The van der Waals surface area contributed by atoms with Crippen molar-refractivity contribution < 1.29 is 9.78 Å². The third-order valence-electron chi connectivity index (χ3n) is 5.87. The molecule has 0 heterocycles. The minimum absolute atomic E-state index is 0.257. The van der Waals surface area contributed by atoms with Gasteiger partial charge in [0.1, 0.15) is 0 Å². The highest BCUT2D eigenvalue weighted by atomic mass is 17.2. The molecule has 0 bridgehead atoms. The maximum atomic E-state index is 5.54. The first-order valence-electron chi connectivity index (χ1n) is 13.2. The molecular weight excluding hydrogens is 368 g/mol. The van der Waals surface area contributed by atoms with Crippen molar-refractivity contribution in [1.29, 1.82) is 0 Å². The van der Waals surface area contributed by atoms with E-state index in [0.29, 0.717) is 0 Å². The Morgan fingerprint density at radius 2 is 0.933 bits per heavy atom. The highest BCUT2D eigenvalue weighted by Crippen LogP contribution is 2.19. The van der Waals surface area contributed by atoms with Crippen LogP contribution in [0.3, 0.4) is 0 Å². The summed E-state index contributed by atoms with van der Waals surface area (Å²) in [6.07, 6.45) is 24.3. The van der Waals surface area contributed by atoms with Gasteiger partial charge in [-0.15, -0.1) is 5.92 Å². The second-order valence-electron chi connectivity index (χ2n) is 10.1. The molecule has 0 aliphatic rings. The second-order valence-corrected chi connectivity index (χ2v) is 10.1. The van der Waals surface area contributed by atoms with Crippen molar-refractivity contribution in [3.05, 3.63) is 0 Å². The summed E-state index contributed by atoms with van der Waals surface area (Å²) in [5.41, 5.74) is -0.797. The van der Waals surface area contributed by atoms with E-state index in [1.54, 1.807) is 0 Å². The number of hydrogen-bond acceptors (Lipinski definition) is 2. The van der Waals surface area contributed by atoms with Crippen molar-refractivity contribution >= 4 is 0 Å². The number of hydrogen-bond donors (Lipinski definition) is 0. The molecule has 0 fully saturated rings. The van der Waals surface area contributed by atoms with Gasteiger partial charge in [-0.05, 0) is 40.5 Å². The fraction of sp³-hybridized carbons (Fsp3) is 0.929. The SMILES string of the molecule is CCCCCCCCCCCCCCCCCCC#CC(C)(C)OOC(C)(C)CC. The van der Waals surface area contributed by atoms with Crippen molar-refractivity contribution in [1.82, 2.24) is 0 Å². The summed E-state index contributed by atoms with van der Waals surface area (Å²) in [5.74, 6) is 6.49. The lowest BCUT2D eigenvalue weighted by Crippen LogP contribution is -2.31. The molecule has 178 valence electrons. The zero-order valence-electron chi connectivity index (χ0n) is 21.5. The molecule has 0 amide bonds. The molecule has 0 unspecified atom stereocenters. The molecule has 0 saturated heterocycles. The van der Waals surface area contributed by atoms with Crippen LogP contribution in [0.15, 0.2) is 0 Å². The molecule has 0 aliphatic heterocycles. The van der Waals surface area contributed by atoms with Crippen molar-refractivity contribution in [3.8, 4) is 11.8 Å². The molecule has 30 heavy (non-hydrogen) atoms. The molecule has 0 radical (unpaired) electrons. The van der Waals surface area contributed by atoms with E-state index in [1.807, 2.05) is 27.7 Å². The maximum Gasteiger partial charge on any atom is 0.158 e.